The van der Waals surface area contributed by atoms with Gasteiger partial charge < -0.3 is 9.30 Å². The number of aromatic nitrogens is 2. The first-order valence-electron chi connectivity index (χ1n) is 7.76. The second-order valence-electron chi connectivity index (χ2n) is 5.91. The molecule has 0 amide bonds. The lowest BCUT2D eigenvalue weighted by Gasteiger charge is -2.11. The molecule has 23 heavy (non-hydrogen) atoms. The van der Waals surface area contributed by atoms with Crippen molar-refractivity contribution >= 4 is 17.0 Å². The van der Waals surface area contributed by atoms with E-state index in [1.54, 1.807) is 0 Å². The summed E-state index contributed by atoms with van der Waals surface area (Å²) in [6.45, 7) is 5.91. The zero-order valence-corrected chi connectivity index (χ0v) is 13.6. The van der Waals surface area contributed by atoms with E-state index in [9.17, 15) is 4.79 Å². The van der Waals surface area contributed by atoms with Crippen LogP contribution in [0.3, 0.4) is 0 Å². The molecule has 3 rings (SSSR count). The van der Waals surface area contributed by atoms with Crippen molar-refractivity contribution in [2.45, 2.75) is 33.4 Å². The predicted octanol–water partition coefficient (Wildman–Crippen LogP) is 3.96. The van der Waals surface area contributed by atoms with E-state index in [2.05, 4.69) is 0 Å². The highest BCUT2D eigenvalue weighted by Crippen LogP contribution is 2.25. The van der Waals surface area contributed by atoms with E-state index >= 15 is 0 Å². The smallest absolute Gasteiger partial charge is 0.326 e. The van der Waals surface area contributed by atoms with Crippen LogP contribution in [-0.2, 0) is 16.1 Å². The van der Waals surface area contributed by atoms with Gasteiger partial charge in [0.2, 0.25) is 0 Å². The van der Waals surface area contributed by atoms with Gasteiger partial charge in [0.25, 0.3) is 0 Å². The van der Waals surface area contributed by atoms with Gasteiger partial charge in [0, 0.05) is 5.56 Å². The van der Waals surface area contributed by atoms with Gasteiger partial charge in [0.05, 0.1) is 17.1 Å². The molecule has 1 heterocycles. The molecule has 0 radical (unpaired) electrons. The number of carbonyl (C=O) groups excluding carboxylic acids is 1. The lowest BCUT2D eigenvalue weighted by Crippen LogP contribution is -2.18. The highest BCUT2D eigenvalue weighted by molar-refractivity contribution is 5.83. The Balaban J connectivity index is 2.07. The summed E-state index contributed by atoms with van der Waals surface area (Å²) >= 11 is 0. The Hall–Kier alpha value is -2.62. The van der Waals surface area contributed by atoms with Crippen molar-refractivity contribution in [2.24, 2.45) is 0 Å². The molecular weight excluding hydrogens is 288 g/mol. The summed E-state index contributed by atoms with van der Waals surface area (Å²) in [6, 6.07) is 16.0. The predicted molar refractivity (Wildman–Crippen MR) is 91.1 cm³/mol. The van der Waals surface area contributed by atoms with Crippen LogP contribution >= 0.6 is 0 Å². The zero-order chi connectivity index (χ0) is 16.4. The fraction of sp³-hybridized carbons (Fsp3) is 0.263. The zero-order valence-electron chi connectivity index (χ0n) is 13.6. The van der Waals surface area contributed by atoms with Crippen LogP contribution in [0, 0.1) is 6.92 Å². The number of esters is 1. The van der Waals surface area contributed by atoms with Crippen molar-refractivity contribution in [3.8, 4) is 11.4 Å². The van der Waals surface area contributed by atoms with Crippen LogP contribution in [0.4, 0.5) is 0 Å². The van der Waals surface area contributed by atoms with Crippen molar-refractivity contribution in [3.05, 3.63) is 54.1 Å². The maximum absolute atomic E-state index is 12.1. The molecule has 0 N–H and O–H groups in total. The van der Waals surface area contributed by atoms with E-state index in [0.29, 0.717) is 0 Å². The summed E-state index contributed by atoms with van der Waals surface area (Å²) in [6.07, 6.45) is -0.125. The van der Waals surface area contributed by atoms with Gasteiger partial charge in [0.15, 0.2) is 0 Å². The largest absolute Gasteiger partial charge is 0.462 e. The van der Waals surface area contributed by atoms with Gasteiger partial charge in [-0.05, 0) is 32.9 Å². The van der Waals surface area contributed by atoms with Crippen LogP contribution in [0.15, 0.2) is 48.5 Å². The Labute approximate surface area is 135 Å². The molecular formula is C19H20N2O2. The van der Waals surface area contributed by atoms with Crippen LogP contribution < -0.4 is 0 Å². The Morgan fingerprint density at radius 1 is 1.13 bits per heavy atom. The van der Waals surface area contributed by atoms with E-state index in [1.165, 1.54) is 5.56 Å². The molecule has 4 heteroatoms. The normalized spacial score (nSPS) is 11.1. The molecule has 0 aliphatic carbocycles. The van der Waals surface area contributed by atoms with Crippen molar-refractivity contribution in [3.63, 3.8) is 0 Å². The van der Waals surface area contributed by atoms with Gasteiger partial charge in [0.1, 0.15) is 12.4 Å². The molecule has 0 aliphatic heterocycles. The quantitative estimate of drug-likeness (QED) is 0.685. The molecule has 0 spiro atoms. The molecule has 0 aliphatic rings. The van der Waals surface area contributed by atoms with Crippen molar-refractivity contribution < 1.29 is 9.53 Å². The molecule has 118 valence electrons. The fourth-order valence-electron chi connectivity index (χ4n) is 2.59. The molecule has 0 fully saturated rings. The second-order valence-corrected chi connectivity index (χ2v) is 5.91. The maximum atomic E-state index is 12.1. The minimum atomic E-state index is -0.253. The monoisotopic (exact) mass is 308 g/mol. The summed E-state index contributed by atoms with van der Waals surface area (Å²) in [5.41, 5.74) is 3.99. The van der Waals surface area contributed by atoms with Crippen LogP contribution in [0.5, 0.6) is 0 Å². The first-order valence-corrected chi connectivity index (χ1v) is 7.76. The number of hydrogen-bond donors (Lipinski definition) is 0. The molecule has 3 aromatic rings. The molecule has 0 bridgehead atoms. The van der Waals surface area contributed by atoms with Crippen molar-refractivity contribution in [2.75, 3.05) is 0 Å². The van der Waals surface area contributed by atoms with Crippen molar-refractivity contribution in [1.82, 2.24) is 9.55 Å². The molecule has 0 saturated carbocycles. The maximum Gasteiger partial charge on any atom is 0.326 e. The minimum absolute atomic E-state index is 0.125. The number of carbonyl (C=O) groups is 1. The summed E-state index contributed by atoms with van der Waals surface area (Å²) < 4.78 is 7.22. The average Bonchev–Trinajstić information content (AvgIpc) is 2.86. The Bertz CT molecular complexity index is 832. The van der Waals surface area contributed by atoms with Crippen molar-refractivity contribution in [1.29, 1.82) is 0 Å². The molecule has 0 saturated heterocycles. The number of imidazole rings is 1. The third-order valence-corrected chi connectivity index (χ3v) is 3.62. The lowest BCUT2D eigenvalue weighted by atomic mass is 10.1. The summed E-state index contributed by atoms with van der Waals surface area (Å²) in [4.78, 5) is 16.8. The number of hydrogen-bond acceptors (Lipinski definition) is 3. The topological polar surface area (TPSA) is 44.1 Å². The lowest BCUT2D eigenvalue weighted by molar-refractivity contribution is -0.147. The van der Waals surface area contributed by atoms with Crippen LogP contribution in [0.2, 0.25) is 0 Å². The summed E-state index contributed by atoms with van der Waals surface area (Å²) in [5, 5.41) is 0. The number of nitrogens with zero attached hydrogens (tertiary/aromatic N) is 2. The molecule has 0 unspecified atom stereocenters. The average molecular weight is 308 g/mol. The van der Waals surface area contributed by atoms with Crippen LogP contribution in [-0.4, -0.2) is 21.6 Å². The third kappa shape index (κ3) is 3.26. The summed E-state index contributed by atoms with van der Waals surface area (Å²) in [5.74, 6) is 0.531. The molecule has 2 aromatic carbocycles. The second kappa shape index (κ2) is 6.24. The first-order chi connectivity index (χ1) is 11.0. The Kier molecular flexibility index (Phi) is 4.15. The molecule has 4 nitrogen and oxygen atoms in total. The minimum Gasteiger partial charge on any atom is -0.462 e. The van der Waals surface area contributed by atoms with Crippen LogP contribution in [0.1, 0.15) is 19.4 Å². The Morgan fingerprint density at radius 3 is 2.52 bits per heavy atom. The van der Waals surface area contributed by atoms with E-state index < -0.39 is 0 Å². The number of benzene rings is 2. The van der Waals surface area contributed by atoms with E-state index in [-0.39, 0.29) is 18.6 Å². The SMILES string of the molecule is Cc1ccc(-c2nc3ccccc3n2CC(=O)OC(C)C)cc1. The number of ether oxygens (including phenoxy) is 1. The highest BCUT2D eigenvalue weighted by Gasteiger charge is 2.16. The van der Waals surface area contributed by atoms with E-state index in [4.69, 9.17) is 9.72 Å². The van der Waals surface area contributed by atoms with Gasteiger partial charge in [-0.15, -0.1) is 0 Å². The van der Waals surface area contributed by atoms with Gasteiger partial charge in [-0.2, -0.15) is 0 Å². The standard InChI is InChI=1S/C19H20N2O2/c1-13(2)23-18(22)12-21-17-7-5-4-6-16(17)20-19(21)15-10-8-14(3)9-11-15/h4-11,13H,12H2,1-3H3. The summed E-state index contributed by atoms with van der Waals surface area (Å²) in [7, 11) is 0. The Morgan fingerprint density at radius 2 is 1.83 bits per heavy atom. The van der Waals surface area contributed by atoms with Gasteiger partial charge in [-0.1, -0.05) is 42.0 Å². The van der Waals surface area contributed by atoms with Gasteiger partial charge >= 0.3 is 5.97 Å². The highest BCUT2D eigenvalue weighted by atomic mass is 16.5. The number of aryl methyl sites for hydroxylation is 1. The molecule has 0 atom stereocenters. The first kappa shape index (κ1) is 15.3. The third-order valence-electron chi connectivity index (χ3n) is 3.62. The van der Waals surface area contributed by atoms with E-state index in [0.717, 1.165) is 22.4 Å². The fourth-order valence-corrected chi connectivity index (χ4v) is 2.59. The van der Waals surface area contributed by atoms with Gasteiger partial charge in [-0.3, -0.25) is 4.79 Å². The number of fused-ring (bicyclic) bond motifs is 1. The van der Waals surface area contributed by atoms with Crippen LogP contribution in [0.25, 0.3) is 22.4 Å². The van der Waals surface area contributed by atoms with Gasteiger partial charge in [-0.25, -0.2) is 4.98 Å². The number of para-hydroxylation sites is 2. The van der Waals surface area contributed by atoms with E-state index in [1.807, 2.05) is 73.9 Å². The number of rotatable bonds is 4. The molecule has 1 aromatic heterocycles.